The highest BCUT2D eigenvalue weighted by molar-refractivity contribution is 5.94. The van der Waals surface area contributed by atoms with Crippen LogP contribution in [0.25, 0.3) is 0 Å². The van der Waals surface area contributed by atoms with E-state index in [-0.39, 0.29) is 5.91 Å². The Labute approximate surface area is 65.6 Å². The van der Waals surface area contributed by atoms with Crippen LogP contribution >= 0.6 is 0 Å². The smallest absolute Gasteiger partial charge is 0.313 e. The molecule has 0 N–H and O–H groups in total. The molecular weight excluding hydrogens is 142 g/mol. The van der Waals surface area contributed by atoms with Crippen molar-refractivity contribution < 1.29 is 4.79 Å². The molecule has 4 nitrogen and oxygen atoms in total. The van der Waals surface area contributed by atoms with Gasteiger partial charge in [0.15, 0.2) is 0 Å². The maximum atomic E-state index is 10.9. The largest absolute Gasteiger partial charge is 0.366 e. The van der Waals surface area contributed by atoms with Crippen LogP contribution in [0.15, 0.2) is 22.1 Å². The van der Waals surface area contributed by atoms with Gasteiger partial charge in [-0.05, 0) is 13.8 Å². The summed E-state index contributed by atoms with van der Waals surface area (Å²) >= 11 is 0. The first kappa shape index (κ1) is 7.91. The Morgan fingerprint density at radius 3 is 2.55 bits per heavy atom. The fourth-order valence-corrected chi connectivity index (χ4v) is 0.763. The number of azo groups is 1. The number of rotatable bonds is 2. The molecule has 0 aromatic carbocycles. The zero-order valence-corrected chi connectivity index (χ0v) is 6.90. The Morgan fingerprint density at radius 2 is 2.18 bits per heavy atom. The zero-order chi connectivity index (χ0) is 8.43. The summed E-state index contributed by atoms with van der Waals surface area (Å²) < 4.78 is 0. The van der Waals surface area contributed by atoms with E-state index in [0.29, 0.717) is 11.7 Å². The Kier molecular flexibility index (Phi) is 2.03. The van der Waals surface area contributed by atoms with Gasteiger partial charge in [-0.2, -0.15) is 5.11 Å². The molecule has 0 aliphatic carbocycles. The second-order valence-corrected chi connectivity index (χ2v) is 2.74. The molecule has 4 heteroatoms. The van der Waals surface area contributed by atoms with Gasteiger partial charge in [0.05, 0.1) is 6.20 Å². The summed E-state index contributed by atoms with van der Waals surface area (Å²) in [7, 11) is 1.85. The quantitative estimate of drug-likeness (QED) is 0.597. The normalized spacial score (nSPS) is 16.0. The van der Waals surface area contributed by atoms with Crippen LogP contribution in [-0.4, -0.2) is 23.9 Å². The minimum Gasteiger partial charge on any atom is -0.366 e. The molecule has 1 aliphatic rings. The summed E-state index contributed by atoms with van der Waals surface area (Å²) in [5, 5.41) is 6.89. The molecule has 0 saturated heterocycles. The third-order valence-corrected chi connectivity index (χ3v) is 1.70. The second kappa shape index (κ2) is 2.82. The van der Waals surface area contributed by atoms with Crippen molar-refractivity contribution in [2.45, 2.75) is 19.9 Å². The lowest BCUT2D eigenvalue weighted by Gasteiger charge is -2.22. The SMILES string of the molecule is CC(C)N(C)C1=CN=NC1=O. The predicted molar refractivity (Wildman–Crippen MR) is 40.8 cm³/mol. The van der Waals surface area contributed by atoms with Gasteiger partial charge in [-0.1, -0.05) is 0 Å². The highest BCUT2D eigenvalue weighted by atomic mass is 16.2. The third kappa shape index (κ3) is 1.45. The maximum absolute atomic E-state index is 10.9. The van der Waals surface area contributed by atoms with Gasteiger partial charge in [0.25, 0.3) is 0 Å². The second-order valence-electron chi connectivity index (χ2n) is 2.74. The van der Waals surface area contributed by atoms with Gasteiger partial charge in [-0.15, -0.1) is 5.11 Å². The molecule has 1 aliphatic heterocycles. The summed E-state index contributed by atoms with van der Waals surface area (Å²) in [6.45, 7) is 4.01. The van der Waals surface area contributed by atoms with Crippen LogP contribution in [0.4, 0.5) is 0 Å². The molecule has 11 heavy (non-hydrogen) atoms. The molecule has 1 heterocycles. The Balaban J connectivity index is 2.70. The lowest BCUT2D eigenvalue weighted by Crippen LogP contribution is -2.28. The predicted octanol–water partition coefficient (Wildman–Crippen LogP) is 1.16. The molecule has 60 valence electrons. The first-order valence-electron chi connectivity index (χ1n) is 3.51. The van der Waals surface area contributed by atoms with Crippen LogP contribution in [0.3, 0.4) is 0 Å². The van der Waals surface area contributed by atoms with Crippen LogP contribution < -0.4 is 0 Å². The van der Waals surface area contributed by atoms with Crippen LogP contribution in [0.1, 0.15) is 13.8 Å². The minimum absolute atomic E-state index is 0.249. The zero-order valence-electron chi connectivity index (χ0n) is 6.90. The van der Waals surface area contributed by atoms with Crippen molar-refractivity contribution in [2.75, 3.05) is 7.05 Å². The summed E-state index contributed by atoms with van der Waals surface area (Å²) in [5.74, 6) is -0.249. The number of amides is 1. The molecule has 0 unspecified atom stereocenters. The summed E-state index contributed by atoms with van der Waals surface area (Å²) in [4.78, 5) is 12.8. The van der Waals surface area contributed by atoms with Crippen LogP contribution in [0.5, 0.6) is 0 Å². The fraction of sp³-hybridized carbons (Fsp3) is 0.571. The van der Waals surface area contributed by atoms with Crippen molar-refractivity contribution in [1.82, 2.24) is 4.90 Å². The van der Waals surface area contributed by atoms with Crippen LogP contribution in [0.2, 0.25) is 0 Å². The van der Waals surface area contributed by atoms with E-state index in [1.54, 1.807) is 0 Å². The fourth-order valence-electron chi connectivity index (χ4n) is 0.763. The monoisotopic (exact) mass is 153 g/mol. The lowest BCUT2D eigenvalue weighted by atomic mass is 10.3. The van der Waals surface area contributed by atoms with Gasteiger partial charge in [-0.3, -0.25) is 4.79 Å². The molecule has 0 fully saturated rings. The van der Waals surface area contributed by atoms with Gasteiger partial charge in [0, 0.05) is 13.1 Å². The van der Waals surface area contributed by atoms with E-state index < -0.39 is 0 Å². The van der Waals surface area contributed by atoms with E-state index in [9.17, 15) is 4.79 Å². The highest BCUT2D eigenvalue weighted by Crippen LogP contribution is 2.13. The Hall–Kier alpha value is -1.19. The standard InChI is InChI=1S/C7H11N3O/c1-5(2)10(3)6-4-8-9-7(6)11/h4-5H,1-3H3. The maximum Gasteiger partial charge on any atom is 0.313 e. The molecule has 0 bridgehead atoms. The lowest BCUT2D eigenvalue weighted by molar-refractivity contribution is -0.115. The van der Waals surface area contributed by atoms with Crippen molar-refractivity contribution in [2.24, 2.45) is 10.2 Å². The molecule has 1 rings (SSSR count). The van der Waals surface area contributed by atoms with Gasteiger partial charge >= 0.3 is 5.91 Å². The number of carbonyl (C=O) groups excluding carboxylic acids is 1. The molecule has 0 aromatic heterocycles. The Bertz CT molecular complexity index is 230. The number of carbonyl (C=O) groups is 1. The van der Waals surface area contributed by atoms with Crippen molar-refractivity contribution >= 4 is 5.91 Å². The summed E-state index contributed by atoms with van der Waals surface area (Å²) in [5.41, 5.74) is 0.569. The van der Waals surface area contributed by atoms with E-state index >= 15 is 0 Å². The molecule has 0 atom stereocenters. The van der Waals surface area contributed by atoms with E-state index in [1.807, 2.05) is 25.8 Å². The minimum atomic E-state index is -0.249. The van der Waals surface area contributed by atoms with Gasteiger partial charge in [0.1, 0.15) is 5.70 Å². The van der Waals surface area contributed by atoms with Gasteiger partial charge in [-0.25, -0.2) is 0 Å². The third-order valence-electron chi connectivity index (χ3n) is 1.70. The number of hydrogen-bond acceptors (Lipinski definition) is 3. The number of hydrogen-bond donors (Lipinski definition) is 0. The summed E-state index contributed by atoms with van der Waals surface area (Å²) in [6.07, 6.45) is 1.49. The molecule has 0 spiro atoms. The van der Waals surface area contributed by atoms with Crippen molar-refractivity contribution in [3.8, 4) is 0 Å². The van der Waals surface area contributed by atoms with E-state index in [4.69, 9.17) is 0 Å². The van der Waals surface area contributed by atoms with Crippen molar-refractivity contribution in [3.63, 3.8) is 0 Å². The molecule has 1 amide bonds. The first-order valence-corrected chi connectivity index (χ1v) is 3.51. The van der Waals surface area contributed by atoms with Gasteiger partial charge < -0.3 is 4.90 Å². The van der Waals surface area contributed by atoms with E-state index in [2.05, 4.69) is 10.2 Å². The van der Waals surface area contributed by atoms with Gasteiger partial charge in [0.2, 0.25) is 0 Å². The van der Waals surface area contributed by atoms with Crippen molar-refractivity contribution in [3.05, 3.63) is 11.9 Å². The number of nitrogens with zero attached hydrogens (tertiary/aromatic N) is 3. The van der Waals surface area contributed by atoms with Crippen LogP contribution in [0, 0.1) is 0 Å². The highest BCUT2D eigenvalue weighted by Gasteiger charge is 2.19. The van der Waals surface area contributed by atoms with Crippen molar-refractivity contribution in [1.29, 1.82) is 0 Å². The molecule has 0 aromatic rings. The van der Waals surface area contributed by atoms with E-state index in [1.165, 1.54) is 6.20 Å². The summed E-state index contributed by atoms with van der Waals surface area (Å²) in [6, 6.07) is 0.300. The first-order chi connectivity index (χ1) is 5.13. The molecular formula is C7H11N3O. The topological polar surface area (TPSA) is 45.0 Å². The van der Waals surface area contributed by atoms with E-state index in [0.717, 1.165) is 0 Å². The van der Waals surface area contributed by atoms with Crippen LogP contribution in [-0.2, 0) is 4.79 Å². The average Bonchev–Trinajstić information content (AvgIpc) is 2.33. The average molecular weight is 153 g/mol. The molecule has 0 radical (unpaired) electrons. The molecule has 0 saturated carbocycles. The Morgan fingerprint density at radius 1 is 1.55 bits per heavy atom. The number of likely N-dealkylation sites (N-methyl/N-ethyl adjacent to an activating group) is 1.